The van der Waals surface area contributed by atoms with Crippen LogP contribution >= 0.6 is 82.5 Å². The van der Waals surface area contributed by atoms with Gasteiger partial charge in [0.05, 0.1) is 10.8 Å². The van der Waals surface area contributed by atoms with Crippen LogP contribution in [0.15, 0.2) is 34.2 Å². The van der Waals surface area contributed by atoms with Crippen molar-refractivity contribution in [1.82, 2.24) is 0 Å². The summed E-state index contributed by atoms with van der Waals surface area (Å²) in [7, 11) is -5.07. The number of hydrogen-bond donors (Lipinski definition) is 2. The number of benzene rings is 1. The van der Waals surface area contributed by atoms with Crippen LogP contribution in [0.5, 0.6) is 0 Å². The van der Waals surface area contributed by atoms with Gasteiger partial charge in [-0.05, 0) is 122 Å². The molecule has 1 heterocycles. The number of aliphatic carboxylic acids is 1. The Morgan fingerprint density at radius 2 is 1.10 bits per heavy atom. The minimum atomic E-state index is -3.36. The van der Waals surface area contributed by atoms with E-state index in [0.29, 0.717) is 62.0 Å². The summed E-state index contributed by atoms with van der Waals surface area (Å²) in [6.07, 6.45) is 10.6. The quantitative estimate of drug-likeness (QED) is 0.220. The number of halogens is 4. The van der Waals surface area contributed by atoms with Gasteiger partial charge in [-0.2, -0.15) is 0 Å². The van der Waals surface area contributed by atoms with Crippen molar-refractivity contribution >= 4 is 135 Å². The molecule has 4 aliphatic carbocycles. The number of alkyl halides is 1. The number of carboxylic acids is 1. The predicted molar refractivity (Wildman–Crippen MR) is 306 cm³/mol. The Bertz CT molecular complexity index is 1780. The van der Waals surface area contributed by atoms with Crippen LogP contribution in [0, 0.1) is 30.6 Å². The molecule has 0 amide bonds. The van der Waals surface area contributed by atoms with Gasteiger partial charge in [-0.15, -0.1) is 0 Å². The topological polar surface area (TPSA) is 243 Å². The third-order valence-corrected chi connectivity index (χ3v) is 12.0. The van der Waals surface area contributed by atoms with Crippen molar-refractivity contribution in [2.24, 2.45) is 28.7 Å². The first kappa shape index (κ1) is 66.1. The summed E-state index contributed by atoms with van der Waals surface area (Å²) in [5.74, 6) is 0.163. The summed E-state index contributed by atoms with van der Waals surface area (Å²) in [6.45, 7) is 8.75. The number of Topliss-reactive ketones (excluding diaryl/α,β-unsaturated/α-hetero) is 4. The second-order valence-electron chi connectivity index (χ2n) is 15.1. The molecule has 0 atom stereocenters. The molecule has 1 aliphatic heterocycles. The fourth-order valence-electron chi connectivity index (χ4n) is 6.67. The van der Waals surface area contributed by atoms with E-state index < -0.39 is 36.8 Å². The van der Waals surface area contributed by atoms with Crippen molar-refractivity contribution in [3.8, 4) is 0 Å². The molecular formula is C46H85BI4LiNNaO12SV. The zero-order chi connectivity index (χ0) is 56.3. The molecule has 0 unspecified atom stereocenters. The zero-order valence-corrected chi connectivity index (χ0v) is 53.8. The number of aliphatic hydroxyl groups is 1. The maximum atomic E-state index is 12.2. The van der Waals surface area contributed by atoms with E-state index in [2.05, 4.69) is 92.6 Å². The van der Waals surface area contributed by atoms with Crippen LogP contribution in [0.1, 0.15) is 168 Å². The van der Waals surface area contributed by atoms with Crippen LogP contribution in [0.3, 0.4) is 0 Å². The standard InChI is InChI=1S/C16H21NO3S.C8H12O2.C8H14O.C7H12O2.C4H8O.CH3I.CH4O.CH4.BH4.3HI.Li.Na.2H2O.V/c1-12-3-9-16(10-4-12)21(19,20)11-17-15-7-5-14(6-8-15)13(2)18;1-6(9)7-2-4-8(10)5-3-7;1-7(9)8-5-3-2-4-6-8;8-7(9)6-4-2-1-3-5-6;1-2-4-5-3-1;2*1-2;;;;;;;;;;/h3-4,9-10,14H,5-8,11H2,1-2H3;7H,2-5H2,1H3;8H,2-6H2,1H3;6H,1-5H2,(H,8,9);1-4H2;1H3;2H,1H3;2*1H4;3*1H;;;2*1H2;/q;;;;;;;;-1;;;;2*+1;;;+3/p-4/i;;2D2;1D2;;;2D;;1D4;;;;;;;;. The molecule has 5 aliphatic rings. The number of carbonyl (C=O) groups is 5. The number of carboxylic acid groups (broad SMARTS) is 1. The average Bonchev–Trinajstić information content (AvgIpc) is 3.88. The van der Waals surface area contributed by atoms with E-state index in [1.807, 2.05) is 11.9 Å². The van der Waals surface area contributed by atoms with Crippen molar-refractivity contribution in [2.75, 3.05) is 31.1 Å². The fraction of sp³-hybridized carbons (Fsp3) is 0.739. The molecule has 13 nitrogen and oxygen atoms in total. The second kappa shape index (κ2) is 55.2. The molecule has 5 N–H and O–H groups in total. The van der Waals surface area contributed by atoms with Crippen LogP contribution in [0.4, 0.5) is 0 Å². The number of ketones is 4. The van der Waals surface area contributed by atoms with Gasteiger partial charge in [0.2, 0.25) is 1.43 Å². The monoisotopic (exact) mass is 1480 g/mol. The first-order valence-corrected chi connectivity index (χ1v) is 38.4. The maximum absolute atomic E-state index is 12.2. The molecule has 5 fully saturated rings. The maximum Gasteiger partial charge on any atom is 1.00 e. The molecule has 22 heteroatoms. The number of carbonyl (C=O) groups excluding carboxylic acids is 4. The summed E-state index contributed by atoms with van der Waals surface area (Å²) < 4.78 is 88.5. The van der Waals surface area contributed by atoms with Gasteiger partial charge in [0.1, 0.15) is 29.0 Å². The van der Waals surface area contributed by atoms with Gasteiger partial charge in [-0.3, -0.25) is 29.0 Å². The summed E-state index contributed by atoms with van der Waals surface area (Å²) in [5, 5.41) is 12.1. The van der Waals surface area contributed by atoms with Crippen molar-refractivity contribution in [2.45, 2.75) is 168 Å². The number of nitrogens with zero attached hydrogens (tertiary/aromatic N) is 1. The summed E-state index contributed by atoms with van der Waals surface area (Å²) in [5.41, 5.74) is 1.95. The van der Waals surface area contributed by atoms with Crippen molar-refractivity contribution in [3.63, 3.8) is 0 Å². The first-order chi connectivity index (χ1) is 33.2. The molecule has 6 rings (SSSR count). The van der Waals surface area contributed by atoms with Crippen LogP contribution in [-0.4, -0.2) is 111 Å². The molecular weight excluding hydrogens is 1390 g/mol. The van der Waals surface area contributed by atoms with Gasteiger partial charge < -0.3 is 25.9 Å². The number of aliphatic imine (C=N–C) groups is 1. The van der Waals surface area contributed by atoms with E-state index in [9.17, 15) is 32.4 Å². The first-order valence-electron chi connectivity index (χ1n) is 25.8. The predicted octanol–water partition coefficient (Wildman–Crippen LogP) is 4.39. The Morgan fingerprint density at radius 3 is 1.41 bits per heavy atom. The summed E-state index contributed by atoms with van der Waals surface area (Å²) in [4.78, 5) is 60.4. The molecule has 0 bridgehead atoms. The van der Waals surface area contributed by atoms with Gasteiger partial charge in [-0.1, -0.05) is 94.4 Å². The normalized spacial score (nSPS) is 20.8. The van der Waals surface area contributed by atoms with Gasteiger partial charge >= 0.3 is 119 Å². The molecule has 4 saturated carbocycles. The molecule has 0 aromatic heterocycles. The number of hydrogen-bond acceptors (Lipinski definition) is 11. The van der Waals surface area contributed by atoms with Crippen molar-refractivity contribution in [3.05, 3.63) is 29.8 Å². The number of ether oxygens (including phenoxy) is 1. The van der Waals surface area contributed by atoms with Gasteiger partial charge in [-0.25, -0.2) is 13.8 Å². The Kier molecular flexibility index (Phi) is 53.7. The second-order valence-corrected chi connectivity index (χ2v) is 52.4. The molecule has 68 heavy (non-hydrogen) atoms. The van der Waals surface area contributed by atoms with Crippen LogP contribution < -0.4 is 48.4 Å². The molecule has 1 aromatic rings. The number of aliphatic hydroxyl groups excluding tert-OH is 1. The van der Waals surface area contributed by atoms with E-state index in [1.165, 1.54) is 20.0 Å². The largest absolute Gasteiger partial charge is 1.00 e. The third kappa shape index (κ3) is 46.5. The zero-order valence-electron chi connectivity index (χ0n) is 49.9. The van der Waals surface area contributed by atoms with E-state index in [4.69, 9.17) is 22.1 Å². The molecule has 1 saturated heterocycles. The van der Waals surface area contributed by atoms with Crippen LogP contribution in [-0.2, 0) is 43.5 Å². The smallest absolute Gasteiger partial charge is 0.870 e. The molecule has 390 valence electrons. The van der Waals surface area contributed by atoms with Gasteiger partial charge in [0.25, 0.3) is 0 Å². The minimum absolute atomic E-state index is 0. The number of rotatable bonds is 7. The Hall–Kier alpha value is 2.00. The number of aryl methyl sites for hydroxylation is 1. The Morgan fingerprint density at radius 1 is 0.779 bits per heavy atom. The number of sulfone groups is 1. The summed E-state index contributed by atoms with van der Waals surface area (Å²) in [6, 6.07) is 6.82. The minimum Gasteiger partial charge on any atom is -0.870 e. The van der Waals surface area contributed by atoms with Crippen LogP contribution in [0.25, 0.3) is 0 Å². The fourth-order valence-corrected chi connectivity index (χ4v) is 7.72. The molecule has 1 aromatic carbocycles. The third-order valence-electron chi connectivity index (χ3n) is 10.5. The molecule has 0 radical (unpaired) electrons. The van der Waals surface area contributed by atoms with Crippen LogP contribution in [0.2, 0.25) is 0 Å². The van der Waals surface area contributed by atoms with Gasteiger partial charge in [0, 0.05) is 62.1 Å². The van der Waals surface area contributed by atoms with E-state index in [-0.39, 0.29) is 119 Å². The molecule has 0 spiro atoms. The van der Waals surface area contributed by atoms with E-state index in [0.717, 1.165) is 75.9 Å². The Labute approximate surface area is 511 Å². The Balaban J connectivity index is -0.000000124. The van der Waals surface area contributed by atoms with Gasteiger partial charge in [0.15, 0.2) is 9.84 Å². The van der Waals surface area contributed by atoms with E-state index in [1.54, 1.807) is 45.0 Å². The average molecular weight is 1480 g/mol. The SMILES string of the molecule is C.C1CCOC1.CC(=O)C1CCC(=NCS(=O)(=O)c2ccc(C)cc2)CC1.CC(=O)C1CCC(=O)CC1.CI.O.[2H]C1([2H])CCC(C(=O)O)CC1.[2H]C1([2H])CCC(C(C)=O)CC1.[2H]OC.[2H][B-]([2H])([2H])[2H].[I][V]([I])[I].[Li+].[Na+].[OH-]. The van der Waals surface area contributed by atoms with Crippen molar-refractivity contribution < 1.29 is 117 Å². The van der Waals surface area contributed by atoms with E-state index >= 15 is 0 Å². The summed E-state index contributed by atoms with van der Waals surface area (Å²) >= 11 is 9.54. The van der Waals surface area contributed by atoms with Crippen molar-refractivity contribution in [1.29, 1.82) is 6.77 Å².